The third kappa shape index (κ3) is 3.61. The van der Waals surface area contributed by atoms with Crippen LogP contribution in [0.3, 0.4) is 0 Å². The summed E-state index contributed by atoms with van der Waals surface area (Å²) < 4.78 is 0. The molecular weight excluding hydrogens is 220 g/mol. The van der Waals surface area contributed by atoms with Crippen LogP contribution in [0.15, 0.2) is 17.5 Å². The van der Waals surface area contributed by atoms with Crippen molar-refractivity contribution in [1.82, 2.24) is 5.32 Å². The number of rotatable bonds is 5. The van der Waals surface area contributed by atoms with Gasteiger partial charge in [0.15, 0.2) is 0 Å². The fourth-order valence-corrected chi connectivity index (χ4v) is 2.17. The minimum atomic E-state index is -0.760. The summed E-state index contributed by atoms with van der Waals surface area (Å²) in [5.41, 5.74) is 5.11. The maximum Gasteiger partial charge on any atom is 0.240 e. The Hall–Kier alpha value is -0.870. The molecule has 1 aromatic rings. The van der Waals surface area contributed by atoms with Crippen LogP contribution in [0.5, 0.6) is 0 Å². The Labute approximate surface area is 101 Å². The molecule has 0 aromatic carbocycles. The minimum Gasteiger partial charge on any atom is -0.352 e. The topological polar surface area (TPSA) is 55.1 Å². The second kappa shape index (κ2) is 5.46. The summed E-state index contributed by atoms with van der Waals surface area (Å²) in [6.07, 6.45) is 1.51. The highest BCUT2D eigenvalue weighted by atomic mass is 32.1. The monoisotopic (exact) mass is 240 g/mol. The van der Waals surface area contributed by atoms with Crippen LogP contribution in [0.4, 0.5) is 0 Å². The molecule has 4 heteroatoms. The van der Waals surface area contributed by atoms with Crippen LogP contribution in [0.1, 0.15) is 32.1 Å². The molecule has 1 heterocycles. The van der Waals surface area contributed by atoms with Crippen molar-refractivity contribution in [2.24, 2.45) is 5.73 Å². The van der Waals surface area contributed by atoms with Gasteiger partial charge in [0, 0.05) is 17.3 Å². The highest BCUT2D eigenvalue weighted by Crippen LogP contribution is 2.12. The van der Waals surface area contributed by atoms with E-state index in [1.165, 1.54) is 4.88 Å². The molecule has 0 aliphatic rings. The van der Waals surface area contributed by atoms with Gasteiger partial charge in [0.05, 0.1) is 5.54 Å². The highest BCUT2D eigenvalue weighted by Gasteiger charge is 2.26. The van der Waals surface area contributed by atoms with Gasteiger partial charge < -0.3 is 11.1 Å². The molecule has 0 radical (unpaired) electrons. The zero-order chi connectivity index (χ0) is 12.2. The van der Waals surface area contributed by atoms with E-state index in [9.17, 15) is 4.79 Å². The molecule has 0 bridgehead atoms. The number of amides is 1. The molecule has 1 amide bonds. The summed E-state index contributed by atoms with van der Waals surface area (Å²) in [5.74, 6) is -0.0703. The van der Waals surface area contributed by atoms with E-state index in [2.05, 4.69) is 11.4 Å². The van der Waals surface area contributed by atoms with E-state index < -0.39 is 5.54 Å². The third-order valence-electron chi connectivity index (χ3n) is 2.72. The lowest BCUT2D eigenvalue weighted by molar-refractivity contribution is -0.126. The largest absolute Gasteiger partial charge is 0.352 e. The number of carbonyl (C=O) groups is 1. The maximum absolute atomic E-state index is 11.8. The molecule has 2 unspecified atom stereocenters. The molecular formula is C12H20N2OS. The highest BCUT2D eigenvalue weighted by molar-refractivity contribution is 7.09. The van der Waals surface area contributed by atoms with Crippen LogP contribution >= 0.6 is 11.3 Å². The molecule has 0 spiro atoms. The molecule has 1 aromatic heterocycles. The number of carbonyl (C=O) groups excluding carboxylic acids is 1. The van der Waals surface area contributed by atoms with Crippen molar-refractivity contribution in [3.8, 4) is 0 Å². The second-order valence-corrected chi connectivity index (χ2v) is 5.46. The zero-order valence-electron chi connectivity index (χ0n) is 10.1. The van der Waals surface area contributed by atoms with Gasteiger partial charge in [-0.25, -0.2) is 0 Å². The first-order chi connectivity index (χ1) is 7.45. The lowest BCUT2D eigenvalue weighted by Gasteiger charge is -2.24. The predicted octanol–water partition coefficient (Wildman–Crippen LogP) is 1.92. The molecule has 0 aliphatic carbocycles. The van der Waals surface area contributed by atoms with E-state index in [1.807, 2.05) is 25.3 Å². The number of nitrogens with one attached hydrogen (secondary N) is 1. The summed E-state index contributed by atoms with van der Waals surface area (Å²) in [6, 6.07) is 4.23. The van der Waals surface area contributed by atoms with Crippen molar-refractivity contribution in [1.29, 1.82) is 0 Å². The molecule has 16 heavy (non-hydrogen) atoms. The molecule has 0 saturated heterocycles. The molecule has 0 aliphatic heterocycles. The lowest BCUT2D eigenvalue weighted by Crippen LogP contribution is -2.53. The van der Waals surface area contributed by atoms with E-state index in [4.69, 9.17) is 5.73 Å². The first-order valence-corrected chi connectivity index (χ1v) is 6.46. The lowest BCUT2D eigenvalue weighted by atomic mass is 9.99. The Kier molecular flexibility index (Phi) is 4.50. The number of thiophene rings is 1. The number of hydrogen-bond donors (Lipinski definition) is 2. The van der Waals surface area contributed by atoms with Crippen LogP contribution < -0.4 is 11.1 Å². The Morgan fingerprint density at radius 1 is 1.69 bits per heavy atom. The van der Waals surface area contributed by atoms with Gasteiger partial charge in [-0.15, -0.1) is 11.3 Å². The first-order valence-electron chi connectivity index (χ1n) is 5.58. The van der Waals surface area contributed by atoms with E-state index in [-0.39, 0.29) is 11.9 Å². The Morgan fingerprint density at radius 2 is 2.38 bits per heavy atom. The standard InChI is InChI=1S/C12H20N2OS/c1-4-12(3,13)11(15)14-9(2)8-10-6-5-7-16-10/h5-7,9H,4,8,13H2,1-3H3,(H,14,15). The molecule has 1 rings (SSSR count). The van der Waals surface area contributed by atoms with Gasteiger partial charge in [-0.1, -0.05) is 13.0 Å². The van der Waals surface area contributed by atoms with Gasteiger partial charge in [0.25, 0.3) is 0 Å². The van der Waals surface area contributed by atoms with Crippen LogP contribution in [-0.4, -0.2) is 17.5 Å². The van der Waals surface area contributed by atoms with Crippen LogP contribution in [0, 0.1) is 0 Å². The average Bonchev–Trinajstić information content (AvgIpc) is 2.70. The van der Waals surface area contributed by atoms with Crippen molar-refractivity contribution in [3.63, 3.8) is 0 Å². The molecule has 2 atom stereocenters. The Balaban J connectivity index is 2.46. The SMILES string of the molecule is CCC(C)(N)C(=O)NC(C)Cc1cccs1. The van der Waals surface area contributed by atoms with Crippen LogP contribution in [-0.2, 0) is 11.2 Å². The molecule has 3 N–H and O–H groups in total. The molecule has 3 nitrogen and oxygen atoms in total. The van der Waals surface area contributed by atoms with Crippen LogP contribution in [0.25, 0.3) is 0 Å². The average molecular weight is 240 g/mol. The predicted molar refractivity (Wildman–Crippen MR) is 68.5 cm³/mol. The van der Waals surface area contributed by atoms with Gasteiger partial charge in [-0.05, 0) is 31.7 Å². The fourth-order valence-electron chi connectivity index (χ4n) is 1.33. The smallest absolute Gasteiger partial charge is 0.240 e. The van der Waals surface area contributed by atoms with Crippen molar-refractivity contribution >= 4 is 17.2 Å². The summed E-state index contributed by atoms with van der Waals surface area (Å²) in [6.45, 7) is 5.69. The van der Waals surface area contributed by atoms with Gasteiger partial charge in [0.2, 0.25) is 5.91 Å². The van der Waals surface area contributed by atoms with E-state index in [0.29, 0.717) is 6.42 Å². The van der Waals surface area contributed by atoms with Crippen molar-refractivity contribution in [3.05, 3.63) is 22.4 Å². The van der Waals surface area contributed by atoms with E-state index >= 15 is 0 Å². The molecule has 0 fully saturated rings. The summed E-state index contributed by atoms with van der Waals surface area (Å²) >= 11 is 1.71. The van der Waals surface area contributed by atoms with Crippen molar-refractivity contribution in [2.45, 2.75) is 45.2 Å². The van der Waals surface area contributed by atoms with Crippen molar-refractivity contribution in [2.75, 3.05) is 0 Å². The normalized spacial score (nSPS) is 16.5. The summed E-state index contributed by atoms with van der Waals surface area (Å²) in [4.78, 5) is 13.1. The van der Waals surface area contributed by atoms with Gasteiger partial charge in [-0.2, -0.15) is 0 Å². The first kappa shape index (κ1) is 13.2. The molecule has 90 valence electrons. The quantitative estimate of drug-likeness (QED) is 0.826. The zero-order valence-corrected chi connectivity index (χ0v) is 10.9. The fraction of sp³-hybridized carbons (Fsp3) is 0.583. The van der Waals surface area contributed by atoms with Crippen molar-refractivity contribution < 1.29 is 4.79 Å². The Morgan fingerprint density at radius 3 is 2.88 bits per heavy atom. The summed E-state index contributed by atoms with van der Waals surface area (Å²) in [5, 5.41) is 5.00. The molecule has 0 saturated carbocycles. The van der Waals surface area contributed by atoms with Gasteiger partial charge >= 0.3 is 0 Å². The van der Waals surface area contributed by atoms with Gasteiger partial charge in [0.1, 0.15) is 0 Å². The Bertz CT molecular complexity index is 333. The number of hydrogen-bond acceptors (Lipinski definition) is 3. The maximum atomic E-state index is 11.8. The third-order valence-corrected chi connectivity index (χ3v) is 3.62. The second-order valence-electron chi connectivity index (χ2n) is 4.43. The van der Waals surface area contributed by atoms with E-state index in [0.717, 1.165) is 6.42 Å². The van der Waals surface area contributed by atoms with Gasteiger partial charge in [-0.3, -0.25) is 4.79 Å². The summed E-state index contributed by atoms with van der Waals surface area (Å²) in [7, 11) is 0. The van der Waals surface area contributed by atoms with E-state index in [1.54, 1.807) is 18.3 Å². The number of nitrogens with two attached hydrogens (primary N) is 1. The van der Waals surface area contributed by atoms with Crippen LogP contribution in [0.2, 0.25) is 0 Å². The minimum absolute atomic E-state index is 0.0703.